The van der Waals surface area contributed by atoms with Crippen molar-refractivity contribution in [2.45, 2.75) is 0 Å². The molecule has 0 bridgehead atoms. The van der Waals surface area contributed by atoms with Crippen LogP contribution in [0.2, 0.25) is 0 Å². The first-order valence-corrected chi connectivity index (χ1v) is 7.63. The van der Waals surface area contributed by atoms with Crippen LogP contribution < -0.4 is 24.4 Å². The maximum absolute atomic E-state index is 13.1. The van der Waals surface area contributed by atoms with Gasteiger partial charge in [0.1, 0.15) is 5.75 Å². The molecular formula is C19H19NO5. The van der Waals surface area contributed by atoms with E-state index < -0.39 is 0 Å². The molecular weight excluding hydrogens is 322 g/mol. The van der Waals surface area contributed by atoms with Gasteiger partial charge >= 0.3 is 0 Å². The first kappa shape index (κ1) is 16.7. The van der Waals surface area contributed by atoms with Crippen LogP contribution in [0.3, 0.4) is 0 Å². The molecule has 0 saturated carbocycles. The molecule has 1 heterocycles. The number of fused-ring (bicyclic) bond motifs is 1. The number of ether oxygens (including phenoxy) is 4. The number of aromatic nitrogens is 1. The van der Waals surface area contributed by atoms with Crippen LogP contribution in [0.1, 0.15) is 0 Å². The van der Waals surface area contributed by atoms with E-state index >= 15 is 0 Å². The lowest BCUT2D eigenvalue weighted by atomic mass is 10.0. The number of hydrogen-bond acceptors (Lipinski definition) is 5. The summed E-state index contributed by atoms with van der Waals surface area (Å²) in [5.74, 6) is 1.94. The smallest absolute Gasteiger partial charge is 0.204 e. The van der Waals surface area contributed by atoms with Gasteiger partial charge in [-0.2, -0.15) is 0 Å². The van der Waals surface area contributed by atoms with Crippen LogP contribution in [0.15, 0.2) is 41.3 Å². The van der Waals surface area contributed by atoms with E-state index in [0.29, 0.717) is 33.7 Å². The van der Waals surface area contributed by atoms with Gasteiger partial charge in [-0.05, 0) is 17.7 Å². The third-order valence-corrected chi connectivity index (χ3v) is 4.07. The molecule has 6 nitrogen and oxygen atoms in total. The molecule has 130 valence electrons. The molecule has 2 aromatic carbocycles. The van der Waals surface area contributed by atoms with Gasteiger partial charge in [0.05, 0.1) is 39.3 Å². The predicted octanol–water partition coefficient (Wildman–Crippen LogP) is 3.23. The maximum Gasteiger partial charge on any atom is 0.204 e. The lowest BCUT2D eigenvalue weighted by Gasteiger charge is -2.15. The Morgan fingerprint density at radius 3 is 2.08 bits per heavy atom. The summed E-state index contributed by atoms with van der Waals surface area (Å²) in [4.78, 5) is 16.2. The first-order chi connectivity index (χ1) is 12.1. The van der Waals surface area contributed by atoms with E-state index in [1.165, 1.54) is 21.3 Å². The lowest BCUT2D eigenvalue weighted by molar-refractivity contribution is 0.327. The van der Waals surface area contributed by atoms with Gasteiger partial charge in [0.25, 0.3) is 0 Å². The summed E-state index contributed by atoms with van der Waals surface area (Å²) in [7, 11) is 6.14. The fourth-order valence-corrected chi connectivity index (χ4v) is 2.83. The van der Waals surface area contributed by atoms with E-state index in [0.717, 1.165) is 11.3 Å². The van der Waals surface area contributed by atoms with Gasteiger partial charge < -0.3 is 23.9 Å². The Labute approximate surface area is 144 Å². The maximum atomic E-state index is 13.1. The molecule has 0 unspecified atom stereocenters. The number of methoxy groups -OCH3 is 4. The highest BCUT2D eigenvalue weighted by Crippen LogP contribution is 2.41. The molecule has 0 aliphatic carbocycles. The van der Waals surface area contributed by atoms with Gasteiger partial charge in [0.2, 0.25) is 11.2 Å². The van der Waals surface area contributed by atoms with Gasteiger partial charge in [0, 0.05) is 17.8 Å². The van der Waals surface area contributed by atoms with E-state index in [2.05, 4.69) is 4.98 Å². The SMILES string of the molecule is COc1ccc(-c2c[nH]c3cc(OC)c(OC)c(OC)c3c2=O)cc1. The van der Waals surface area contributed by atoms with E-state index in [9.17, 15) is 4.79 Å². The van der Waals surface area contributed by atoms with Crippen molar-refractivity contribution in [2.24, 2.45) is 0 Å². The highest BCUT2D eigenvalue weighted by molar-refractivity contribution is 5.93. The molecule has 0 aliphatic rings. The van der Waals surface area contributed by atoms with Crippen LogP contribution >= 0.6 is 0 Å². The second-order valence-corrected chi connectivity index (χ2v) is 5.33. The fraction of sp³-hybridized carbons (Fsp3) is 0.211. The summed E-state index contributed by atoms with van der Waals surface area (Å²) in [5.41, 5.74) is 1.76. The minimum Gasteiger partial charge on any atom is -0.497 e. The normalized spacial score (nSPS) is 10.6. The largest absolute Gasteiger partial charge is 0.497 e. The summed E-state index contributed by atoms with van der Waals surface area (Å²) < 4.78 is 21.3. The van der Waals surface area contributed by atoms with Crippen molar-refractivity contribution in [1.82, 2.24) is 4.98 Å². The number of aromatic amines is 1. The van der Waals surface area contributed by atoms with Crippen LogP contribution in [0.4, 0.5) is 0 Å². The monoisotopic (exact) mass is 341 g/mol. The van der Waals surface area contributed by atoms with Crippen LogP contribution in [0.25, 0.3) is 22.0 Å². The summed E-state index contributed by atoms with van der Waals surface area (Å²) >= 11 is 0. The average molecular weight is 341 g/mol. The second-order valence-electron chi connectivity index (χ2n) is 5.33. The standard InChI is InChI=1S/C19H19NO5/c1-22-12-7-5-11(6-8-12)13-10-20-14-9-15(23-2)18(24-3)19(25-4)16(14)17(13)21/h5-10H,1-4H3,(H,20,21). The first-order valence-electron chi connectivity index (χ1n) is 7.63. The van der Waals surface area contributed by atoms with Crippen molar-refractivity contribution in [1.29, 1.82) is 0 Å². The zero-order valence-electron chi connectivity index (χ0n) is 14.5. The van der Waals surface area contributed by atoms with E-state index in [1.807, 2.05) is 24.3 Å². The zero-order valence-corrected chi connectivity index (χ0v) is 14.5. The molecule has 0 amide bonds. The molecule has 0 atom stereocenters. The van der Waals surface area contributed by atoms with Crippen molar-refractivity contribution < 1.29 is 18.9 Å². The van der Waals surface area contributed by atoms with Crippen LogP contribution in [0, 0.1) is 0 Å². The molecule has 1 N–H and O–H groups in total. The number of hydrogen-bond donors (Lipinski definition) is 1. The topological polar surface area (TPSA) is 69.8 Å². The summed E-state index contributed by atoms with van der Waals surface area (Å²) in [6.45, 7) is 0. The minimum absolute atomic E-state index is 0.156. The highest BCUT2D eigenvalue weighted by Gasteiger charge is 2.20. The van der Waals surface area contributed by atoms with Crippen LogP contribution in [-0.4, -0.2) is 33.4 Å². The van der Waals surface area contributed by atoms with E-state index in [1.54, 1.807) is 19.4 Å². The van der Waals surface area contributed by atoms with Crippen LogP contribution in [-0.2, 0) is 0 Å². The third-order valence-electron chi connectivity index (χ3n) is 4.07. The van der Waals surface area contributed by atoms with Gasteiger partial charge in [-0.1, -0.05) is 12.1 Å². The quantitative estimate of drug-likeness (QED) is 0.771. The number of nitrogens with one attached hydrogen (secondary N) is 1. The molecule has 0 aliphatic heterocycles. The Bertz CT molecular complexity index is 960. The Balaban J connectivity index is 2.30. The summed E-state index contributed by atoms with van der Waals surface area (Å²) in [5, 5.41) is 0.411. The number of pyridine rings is 1. The van der Waals surface area contributed by atoms with E-state index in [4.69, 9.17) is 18.9 Å². The molecule has 6 heteroatoms. The summed E-state index contributed by atoms with van der Waals surface area (Å²) in [6.07, 6.45) is 1.68. The van der Waals surface area contributed by atoms with Gasteiger partial charge in [-0.25, -0.2) is 0 Å². The highest BCUT2D eigenvalue weighted by atomic mass is 16.5. The molecule has 3 rings (SSSR count). The molecule has 25 heavy (non-hydrogen) atoms. The number of rotatable bonds is 5. The second kappa shape index (κ2) is 6.76. The fourth-order valence-electron chi connectivity index (χ4n) is 2.83. The Morgan fingerprint density at radius 1 is 0.840 bits per heavy atom. The van der Waals surface area contributed by atoms with E-state index in [-0.39, 0.29) is 5.43 Å². The minimum atomic E-state index is -0.156. The van der Waals surface area contributed by atoms with Crippen molar-refractivity contribution in [3.05, 3.63) is 46.8 Å². The average Bonchev–Trinajstić information content (AvgIpc) is 2.66. The Kier molecular flexibility index (Phi) is 4.52. The number of H-pyrrole nitrogens is 1. The molecule has 3 aromatic rings. The van der Waals surface area contributed by atoms with Crippen molar-refractivity contribution >= 4 is 10.9 Å². The zero-order chi connectivity index (χ0) is 18.0. The number of benzene rings is 2. The van der Waals surface area contributed by atoms with Gasteiger partial charge in [0.15, 0.2) is 11.5 Å². The molecule has 0 radical (unpaired) electrons. The van der Waals surface area contributed by atoms with Crippen molar-refractivity contribution in [3.63, 3.8) is 0 Å². The molecule has 0 fully saturated rings. The molecule has 0 spiro atoms. The third kappa shape index (κ3) is 2.76. The predicted molar refractivity (Wildman–Crippen MR) is 96.2 cm³/mol. The van der Waals surface area contributed by atoms with Gasteiger partial charge in [-0.15, -0.1) is 0 Å². The molecule has 1 aromatic heterocycles. The summed E-state index contributed by atoms with van der Waals surface area (Å²) in [6, 6.07) is 9.01. The lowest BCUT2D eigenvalue weighted by Crippen LogP contribution is -2.09. The van der Waals surface area contributed by atoms with Crippen LogP contribution in [0.5, 0.6) is 23.0 Å². The molecule has 0 saturated heterocycles. The van der Waals surface area contributed by atoms with Crippen molar-refractivity contribution in [2.75, 3.05) is 28.4 Å². The van der Waals surface area contributed by atoms with Crippen molar-refractivity contribution in [3.8, 4) is 34.1 Å². The Hall–Kier alpha value is -3.15. The Morgan fingerprint density at radius 2 is 1.52 bits per heavy atom. The van der Waals surface area contributed by atoms with Gasteiger partial charge in [-0.3, -0.25) is 4.79 Å².